The highest BCUT2D eigenvalue weighted by Crippen LogP contribution is 2.32. The molecule has 0 fully saturated rings. The summed E-state index contributed by atoms with van der Waals surface area (Å²) in [6.45, 7) is 5.48. The Balaban J connectivity index is 2.20. The SMILES string of the molecule is CCOC(=O)[C@@H](CC)Oc1ccc2c(C)cc(=O)oc2c1C(=O)c1ccccc1. The maximum atomic E-state index is 13.3. The molecule has 0 aliphatic heterocycles. The second-order valence-electron chi connectivity index (χ2n) is 6.53. The monoisotopic (exact) mass is 394 g/mol. The number of hydrogen-bond acceptors (Lipinski definition) is 6. The largest absolute Gasteiger partial charge is 0.478 e. The van der Waals surface area contributed by atoms with Crippen LogP contribution in [0.4, 0.5) is 0 Å². The smallest absolute Gasteiger partial charge is 0.347 e. The Morgan fingerprint density at radius 2 is 1.79 bits per heavy atom. The van der Waals surface area contributed by atoms with Crippen molar-refractivity contribution in [1.82, 2.24) is 0 Å². The molecule has 0 aliphatic carbocycles. The fourth-order valence-corrected chi connectivity index (χ4v) is 3.10. The molecule has 0 spiro atoms. The molecule has 6 heteroatoms. The van der Waals surface area contributed by atoms with Crippen molar-refractivity contribution in [3.05, 3.63) is 75.6 Å². The van der Waals surface area contributed by atoms with Crippen LogP contribution in [0.15, 0.2) is 57.7 Å². The van der Waals surface area contributed by atoms with E-state index < -0.39 is 17.7 Å². The van der Waals surface area contributed by atoms with Crippen molar-refractivity contribution >= 4 is 22.7 Å². The van der Waals surface area contributed by atoms with Crippen molar-refractivity contribution < 1.29 is 23.5 Å². The topological polar surface area (TPSA) is 82.8 Å². The maximum Gasteiger partial charge on any atom is 0.347 e. The van der Waals surface area contributed by atoms with Crippen LogP contribution in [0.25, 0.3) is 11.0 Å². The number of carbonyl (C=O) groups excluding carboxylic acids is 2. The first kappa shape index (κ1) is 20.3. The summed E-state index contributed by atoms with van der Waals surface area (Å²) in [7, 11) is 0. The number of hydrogen-bond donors (Lipinski definition) is 0. The van der Waals surface area contributed by atoms with Gasteiger partial charge in [-0.25, -0.2) is 9.59 Å². The molecule has 2 aromatic carbocycles. The number of carbonyl (C=O) groups is 2. The number of benzene rings is 2. The standard InChI is InChI=1S/C23H22O6/c1-4-17(23(26)27-5-2)28-18-12-11-16-14(3)13-19(24)29-22(16)20(18)21(25)15-9-7-6-8-10-15/h6-13,17H,4-5H2,1-3H3/t17-/m1/s1. The van der Waals surface area contributed by atoms with Crippen LogP contribution < -0.4 is 10.4 Å². The lowest BCUT2D eigenvalue weighted by molar-refractivity contribution is -0.151. The molecule has 0 radical (unpaired) electrons. The van der Waals surface area contributed by atoms with E-state index in [1.807, 2.05) is 0 Å². The summed E-state index contributed by atoms with van der Waals surface area (Å²) < 4.78 is 16.3. The van der Waals surface area contributed by atoms with Gasteiger partial charge in [0.25, 0.3) is 0 Å². The molecule has 0 saturated heterocycles. The zero-order valence-electron chi connectivity index (χ0n) is 16.6. The first-order valence-corrected chi connectivity index (χ1v) is 9.46. The van der Waals surface area contributed by atoms with Gasteiger partial charge in [0.2, 0.25) is 5.78 Å². The molecule has 6 nitrogen and oxygen atoms in total. The summed E-state index contributed by atoms with van der Waals surface area (Å²) in [6, 6.07) is 13.3. The Labute approximate surface area is 168 Å². The molecule has 0 unspecified atom stereocenters. The van der Waals surface area contributed by atoms with E-state index in [9.17, 15) is 14.4 Å². The Kier molecular flexibility index (Phi) is 6.12. The Morgan fingerprint density at radius 3 is 2.45 bits per heavy atom. The van der Waals surface area contributed by atoms with Crippen molar-refractivity contribution in [2.24, 2.45) is 0 Å². The van der Waals surface area contributed by atoms with Gasteiger partial charge in [0.15, 0.2) is 11.7 Å². The van der Waals surface area contributed by atoms with Gasteiger partial charge in [-0.1, -0.05) is 37.3 Å². The van der Waals surface area contributed by atoms with Crippen molar-refractivity contribution in [3.63, 3.8) is 0 Å². The van der Waals surface area contributed by atoms with Crippen molar-refractivity contribution in [3.8, 4) is 5.75 Å². The predicted octanol–water partition coefficient (Wildman–Crippen LogP) is 4.05. The van der Waals surface area contributed by atoms with Crippen LogP contribution in [0, 0.1) is 6.92 Å². The van der Waals surface area contributed by atoms with Crippen LogP contribution in [0.5, 0.6) is 5.75 Å². The zero-order chi connectivity index (χ0) is 21.0. The van der Waals surface area contributed by atoms with Gasteiger partial charge >= 0.3 is 11.6 Å². The zero-order valence-corrected chi connectivity index (χ0v) is 16.6. The summed E-state index contributed by atoms with van der Waals surface area (Å²) in [5.74, 6) is -0.711. The number of rotatable bonds is 7. The van der Waals surface area contributed by atoms with Crippen molar-refractivity contribution in [2.75, 3.05) is 6.61 Å². The van der Waals surface area contributed by atoms with Crippen LogP contribution in [0.2, 0.25) is 0 Å². The first-order chi connectivity index (χ1) is 14.0. The van der Waals surface area contributed by atoms with Crippen LogP contribution in [0.3, 0.4) is 0 Å². The average Bonchev–Trinajstić information content (AvgIpc) is 2.71. The second-order valence-corrected chi connectivity index (χ2v) is 6.53. The van der Waals surface area contributed by atoms with E-state index in [4.69, 9.17) is 13.9 Å². The van der Waals surface area contributed by atoms with Crippen LogP contribution >= 0.6 is 0 Å². The third kappa shape index (κ3) is 4.21. The maximum absolute atomic E-state index is 13.3. The molecule has 0 bridgehead atoms. The number of ketones is 1. The summed E-state index contributed by atoms with van der Waals surface area (Å²) in [6.07, 6.45) is -0.528. The van der Waals surface area contributed by atoms with Crippen molar-refractivity contribution in [2.45, 2.75) is 33.3 Å². The van der Waals surface area contributed by atoms with Crippen LogP contribution in [-0.2, 0) is 9.53 Å². The van der Waals surface area contributed by atoms with E-state index in [2.05, 4.69) is 0 Å². The number of ether oxygens (including phenoxy) is 2. The minimum atomic E-state index is -0.883. The molecule has 0 aliphatic rings. The summed E-state index contributed by atoms with van der Waals surface area (Å²) in [5.41, 5.74) is 0.782. The Bertz CT molecular complexity index is 1100. The molecule has 1 atom stereocenters. The van der Waals surface area contributed by atoms with Gasteiger partial charge in [-0.2, -0.15) is 0 Å². The van der Waals surface area contributed by atoms with E-state index in [1.54, 1.807) is 63.2 Å². The van der Waals surface area contributed by atoms with E-state index in [1.165, 1.54) is 6.07 Å². The fraction of sp³-hybridized carbons (Fsp3) is 0.261. The predicted molar refractivity (Wildman–Crippen MR) is 108 cm³/mol. The van der Waals surface area contributed by atoms with Crippen molar-refractivity contribution in [1.29, 1.82) is 0 Å². The van der Waals surface area contributed by atoms with Gasteiger partial charge in [0.1, 0.15) is 11.3 Å². The molecular weight excluding hydrogens is 372 g/mol. The van der Waals surface area contributed by atoms with Gasteiger partial charge < -0.3 is 13.9 Å². The molecule has 3 aromatic rings. The van der Waals surface area contributed by atoms with E-state index in [0.717, 1.165) is 0 Å². The summed E-state index contributed by atoms with van der Waals surface area (Å²) in [5, 5.41) is 0.625. The minimum absolute atomic E-state index is 0.109. The normalized spacial score (nSPS) is 11.8. The van der Waals surface area contributed by atoms with E-state index >= 15 is 0 Å². The number of aryl methyl sites for hydroxylation is 1. The lowest BCUT2D eigenvalue weighted by Crippen LogP contribution is -2.29. The lowest BCUT2D eigenvalue weighted by Gasteiger charge is -2.19. The third-order valence-electron chi connectivity index (χ3n) is 4.53. The van der Waals surface area contributed by atoms with Gasteiger partial charge in [-0.15, -0.1) is 0 Å². The summed E-state index contributed by atoms with van der Waals surface area (Å²) >= 11 is 0. The van der Waals surface area contributed by atoms with E-state index in [-0.39, 0.29) is 29.3 Å². The molecule has 1 aromatic heterocycles. The number of esters is 1. The van der Waals surface area contributed by atoms with Gasteiger partial charge in [-0.05, 0) is 38.0 Å². The van der Waals surface area contributed by atoms with Gasteiger partial charge in [-0.3, -0.25) is 4.79 Å². The molecule has 3 rings (SSSR count). The minimum Gasteiger partial charge on any atom is -0.478 e. The molecule has 1 heterocycles. The molecule has 0 amide bonds. The van der Waals surface area contributed by atoms with Crippen LogP contribution in [-0.4, -0.2) is 24.5 Å². The number of fused-ring (bicyclic) bond motifs is 1. The molecule has 0 saturated carbocycles. The Morgan fingerprint density at radius 1 is 1.07 bits per heavy atom. The second kappa shape index (κ2) is 8.73. The highest BCUT2D eigenvalue weighted by atomic mass is 16.6. The van der Waals surface area contributed by atoms with E-state index in [0.29, 0.717) is 22.9 Å². The average molecular weight is 394 g/mol. The van der Waals surface area contributed by atoms with Crippen LogP contribution in [0.1, 0.15) is 41.8 Å². The highest BCUT2D eigenvalue weighted by Gasteiger charge is 2.26. The molecule has 150 valence electrons. The lowest BCUT2D eigenvalue weighted by atomic mass is 9.98. The Hall–Kier alpha value is -3.41. The first-order valence-electron chi connectivity index (χ1n) is 9.46. The van der Waals surface area contributed by atoms with Gasteiger partial charge in [0, 0.05) is 17.0 Å². The fourth-order valence-electron chi connectivity index (χ4n) is 3.10. The highest BCUT2D eigenvalue weighted by molar-refractivity contribution is 6.17. The molecule has 0 N–H and O–H groups in total. The quantitative estimate of drug-likeness (QED) is 0.341. The molecular formula is C23H22O6. The summed E-state index contributed by atoms with van der Waals surface area (Å²) in [4.78, 5) is 37.5. The van der Waals surface area contributed by atoms with Gasteiger partial charge in [0.05, 0.1) is 6.61 Å². The third-order valence-corrected chi connectivity index (χ3v) is 4.53. The molecule has 29 heavy (non-hydrogen) atoms.